The molecule has 1 aromatic rings. The molecule has 0 bridgehead atoms. The maximum Gasteiger partial charge on any atom is 0.495 e. The molecule has 1 fully saturated rings. The van der Waals surface area contributed by atoms with Gasteiger partial charge in [0.05, 0.1) is 37.5 Å². The minimum Gasteiger partial charge on any atom is -0.496 e. The molecule has 0 saturated carbocycles. The van der Waals surface area contributed by atoms with Crippen LogP contribution >= 0.6 is 0 Å². The standard InChI is InChI=1S/C23H38BNO5/c1-16(28-21(2,3)4)14-25(9)15-18-19(26-10)12-17(13-20(18)27-11)24-29-22(5,6)23(7,8)30-24/h12-13H,1,14-15H2,2-11H3. The van der Waals surface area contributed by atoms with Gasteiger partial charge in [-0.2, -0.15) is 0 Å². The Kier molecular flexibility index (Phi) is 7.22. The molecule has 0 amide bonds. The third kappa shape index (κ3) is 5.71. The highest BCUT2D eigenvalue weighted by atomic mass is 16.7. The minimum atomic E-state index is -0.482. The van der Waals surface area contributed by atoms with Gasteiger partial charge in [-0.1, -0.05) is 6.58 Å². The number of rotatable bonds is 8. The van der Waals surface area contributed by atoms with Gasteiger partial charge in [-0.05, 0) is 73.1 Å². The summed E-state index contributed by atoms with van der Waals surface area (Å²) < 4.78 is 29.7. The Bertz CT molecular complexity index is 728. The molecule has 1 aliphatic rings. The lowest BCUT2D eigenvalue weighted by Gasteiger charge is -2.32. The van der Waals surface area contributed by atoms with Crippen molar-refractivity contribution in [3.8, 4) is 11.5 Å². The lowest BCUT2D eigenvalue weighted by Crippen LogP contribution is -2.41. The topological polar surface area (TPSA) is 49.4 Å². The molecule has 0 aliphatic carbocycles. The lowest BCUT2D eigenvalue weighted by molar-refractivity contribution is 0.00578. The number of hydrogen-bond donors (Lipinski definition) is 0. The second-order valence-electron chi connectivity index (χ2n) is 9.92. The molecule has 168 valence electrons. The van der Waals surface area contributed by atoms with Crippen LogP contribution in [-0.4, -0.2) is 56.6 Å². The van der Waals surface area contributed by atoms with Crippen molar-refractivity contribution in [1.82, 2.24) is 4.90 Å². The van der Waals surface area contributed by atoms with E-state index in [1.54, 1.807) is 14.2 Å². The molecule has 0 aromatic heterocycles. The first kappa shape index (κ1) is 24.6. The average molecular weight is 419 g/mol. The predicted molar refractivity (Wildman–Crippen MR) is 122 cm³/mol. The molecule has 0 unspecified atom stereocenters. The van der Waals surface area contributed by atoms with Crippen molar-refractivity contribution in [3.05, 3.63) is 30.0 Å². The number of nitrogens with zero attached hydrogens (tertiary/aromatic N) is 1. The zero-order valence-electron chi connectivity index (χ0n) is 20.3. The van der Waals surface area contributed by atoms with Crippen LogP contribution in [0.3, 0.4) is 0 Å². The predicted octanol–water partition coefficient (Wildman–Crippen LogP) is 3.76. The molecule has 0 spiro atoms. The Labute approximate surface area is 182 Å². The Hall–Kier alpha value is -1.70. The Morgan fingerprint density at radius 1 is 1.03 bits per heavy atom. The zero-order valence-corrected chi connectivity index (χ0v) is 20.3. The fourth-order valence-corrected chi connectivity index (χ4v) is 3.37. The van der Waals surface area contributed by atoms with E-state index in [0.29, 0.717) is 13.1 Å². The van der Waals surface area contributed by atoms with Gasteiger partial charge in [0, 0.05) is 6.54 Å². The maximum atomic E-state index is 6.20. The van der Waals surface area contributed by atoms with Crippen LogP contribution in [0.25, 0.3) is 0 Å². The third-order valence-electron chi connectivity index (χ3n) is 5.48. The van der Waals surface area contributed by atoms with Crippen molar-refractivity contribution in [3.63, 3.8) is 0 Å². The highest BCUT2D eigenvalue weighted by molar-refractivity contribution is 6.62. The molecule has 1 heterocycles. The van der Waals surface area contributed by atoms with Crippen molar-refractivity contribution in [2.45, 2.75) is 71.8 Å². The molecule has 0 N–H and O–H groups in total. The summed E-state index contributed by atoms with van der Waals surface area (Å²) in [6.07, 6.45) is 0. The van der Waals surface area contributed by atoms with Crippen molar-refractivity contribution >= 4 is 12.6 Å². The SMILES string of the molecule is C=C(CN(C)Cc1c(OC)cc(B2OC(C)(C)C(C)(C)O2)cc1OC)OC(C)(C)C. The average Bonchev–Trinajstić information content (AvgIpc) is 2.80. The van der Waals surface area contributed by atoms with E-state index in [2.05, 4.69) is 11.5 Å². The first-order chi connectivity index (χ1) is 13.7. The highest BCUT2D eigenvalue weighted by Gasteiger charge is 2.52. The first-order valence-corrected chi connectivity index (χ1v) is 10.3. The summed E-state index contributed by atoms with van der Waals surface area (Å²) in [7, 11) is 4.85. The smallest absolute Gasteiger partial charge is 0.495 e. The molecule has 1 aliphatic heterocycles. The van der Waals surface area contributed by atoms with E-state index < -0.39 is 18.3 Å². The van der Waals surface area contributed by atoms with Gasteiger partial charge in [-0.15, -0.1) is 0 Å². The van der Waals surface area contributed by atoms with E-state index in [1.165, 1.54) is 0 Å². The molecule has 0 atom stereocenters. The van der Waals surface area contributed by atoms with E-state index in [1.807, 2.05) is 67.6 Å². The Balaban J connectivity index is 2.24. The van der Waals surface area contributed by atoms with Gasteiger partial charge in [-0.3, -0.25) is 4.90 Å². The van der Waals surface area contributed by atoms with Gasteiger partial charge < -0.3 is 23.5 Å². The number of benzene rings is 1. The molecule has 30 heavy (non-hydrogen) atoms. The van der Waals surface area contributed by atoms with E-state index >= 15 is 0 Å². The van der Waals surface area contributed by atoms with Crippen molar-refractivity contribution < 1.29 is 23.5 Å². The first-order valence-electron chi connectivity index (χ1n) is 10.3. The molecule has 1 aromatic carbocycles. The van der Waals surface area contributed by atoms with Gasteiger partial charge in [0.2, 0.25) is 0 Å². The normalized spacial score (nSPS) is 17.9. The van der Waals surface area contributed by atoms with Gasteiger partial charge in [-0.25, -0.2) is 0 Å². The van der Waals surface area contributed by atoms with Gasteiger partial charge >= 0.3 is 7.12 Å². The maximum absolute atomic E-state index is 6.20. The van der Waals surface area contributed by atoms with Gasteiger partial charge in [0.25, 0.3) is 0 Å². The van der Waals surface area contributed by atoms with E-state index in [9.17, 15) is 0 Å². The summed E-state index contributed by atoms with van der Waals surface area (Å²) >= 11 is 0. The third-order valence-corrected chi connectivity index (χ3v) is 5.48. The van der Waals surface area contributed by atoms with Crippen molar-refractivity contribution in [1.29, 1.82) is 0 Å². The summed E-state index contributed by atoms with van der Waals surface area (Å²) in [6.45, 7) is 19.4. The number of likely N-dealkylation sites (N-methyl/N-ethyl adjacent to an activating group) is 1. The number of methoxy groups -OCH3 is 2. The second kappa shape index (κ2) is 8.81. The largest absolute Gasteiger partial charge is 0.496 e. The number of hydrogen-bond acceptors (Lipinski definition) is 6. The molecule has 1 saturated heterocycles. The quantitative estimate of drug-likeness (QED) is 0.473. The molecule has 0 radical (unpaired) electrons. The van der Waals surface area contributed by atoms with Crippen LogP contribution in [0, 0.1) is 0 Å². The van der Waals surface area contributed by atoms with Crippen LogP contribution < -0.4 is 14.9 Å². The fourth-order valence-electron chi connectivity index (χ4n) is 3.37. The summed E-state index contributed by atoms with van der Waals surface area (Å²) in [5.41, 5.74) is 0.729. The van der Waals surface area contributed by atoms with E-state index in [-0.39, 0.29) is 5.60 Å². The summed E-state index contributed by atoms with van der Waals surface area (Å²) in [5.74, 6) is 2.18. The monoisotopic (exact) mass is 419 g/mol. The molecule has 7 heteroatoms. The van der Waals surface area contributed by atoms with Crippen LogP contribution in [0.1, 0.15) is 54.0 Å². The fraction of sp³-hybridized carbons (Fsp3) is 0.652. The van der Waals surface area contributed by atoms with Crippen molar-refractivity contribution in [2.24, 2.45) is 0 Å². The van der Waals surface area contributed by atoms with E-state index in [0.717, 1.165) is 28.3 Å². The van der Waals surface area contributed by atoms with Crippen LogP contribution in [0.15, 0.2) is 24.5 Å². The molecule has 6 nitrogen and oxygen atoms in total. The summed E-state index contributed by atoms with van der Waals surface area (Å²) in [5, 5.41) is 0. The van der Waals surface area contributed by atoms with Crippen LogP contribution in [0.2, 0.25) is 0 Å². The summed E-state index contributed by atoms with van der Waals surface area (Å²) in [6, 6.07) is 3.93. The van der Waals surface area contributed by atoms with Gasteiger partial charge in [0.15, 0.2) is 0 Å². The molecular formula is C23H38BNO5. The Morgan fingerprint density at radius 3 is 1.90 bits per heavy atom. The van der Waals surface area contributed by atoms with E-state index in [4.69, 9.17) is 23.5 Å². The highest BCUT2D eigenvalue weighted by Crippen LogP contribution is 2.38. The zero-order chi connectivity index (χ0) is 22.9. The van der Waals surface area contributed by atoms with Gasteiger partial charge in [0.1, 0.15) is 22.9 Å². The summed E-state index contributed by atoms with van der Waals surface area (Å²) in [4.78, 5) is 2.11. The van der Waals surface area contributed by atoms with Crippen LogP contribution in [0.5, 0.6) is 11.5 Å². The number of ether oxygens (including phenoxy) is 3. The lowest BCUT2D eigenvalue weighted by atomic mass is 9.78. The molecular weight excluding hydrogens is 381 g/mol. The molecule has 2 rings (SSSR count). The minimum absolute atomic E-state index is 0.266. The Morgan fingerprint density at radius 2 is 1.50 bits per heavy atom. The van der Waals surface area contributed by atoms with Crippen LogP contribution in [-0.2, 0) is 20.6 Å². The van der Waals surface area contributed by atoms with Crippen LogP contribution in [0.4, 0.5) is 0 Å². The van der Waals surface area contributed by atoms with Crippen molar-refractivity contribution in [2.75, 3.05) is 27.8 Å². The second-order valence-corrected chi connectivity index (χ2v) is 9.92.